The molecule has 3 N–H and O–H groups in total. The summed E-state index contributed by atoms with van der Waals surface area (Å²) in [6.07, 6.45) is 2.42. The molecule has 1 unspecified atom stereocenters. The first-order valence-corrected chi connectivity index (χ1v) is 8.39. The Morgan fingerprint density at radius 3 is 2.75 bits per heavy atom. The van der Waals surface area contributed by atoms with Crippen LogP contribution in [0.5, 0.6) is 0 Å². The number of aliphatic hydroxyl groups excluding tert-OH is 1. The molecule has 0 aliphatic carbocycles. The summed E-state index contributed by atoms with van der Waals surface area (Å²) in [6.45, 7) is 7.61. The minimum absolute atomic E-state index is 0.310. The van der Waals surface area contributed by atoms with Crippen LogP contribution in [0.2, 0.25) is 0 Å². The van der Waals surface area contributed by atoms with E-state index in [2.05, 4.69) is 20.8 Å². The third kappa shape index (κ3) is 4.61. The number of nitrogens with one attached hydrogen (secondary N) is 2. The van der Waals surface area contributed by atoms with Gasteiger partial charge in [0.05, 0.1) is 25.0 Å². The van der Waals surface area contributed by atoms with Gasteiger partial charge >= 0.3 is 0 Å². The fourth-order valence-corrected chi connectivity index (χ4v) is 2.39. The Hall–Kier alpha value is -2.28. The first kappa shape index (κ1) is 18.1. The van der Waals surface area contributed by atoms with E-state index in [1.807, 2.05) is 20.8 Å². The van der Waals surface area contributed by atoms with Gasteiger partial charge in [-0.05, 0) is 25.5 Å². The zero-order chi connectivity index (χ0) is 17.4. The molecule has 0 saturated heterocycles. The van der Waals surface area contributed by atoms with Crippen molar-refractivity contribution in [2.45, 2.75) is 46.3 Å². The van der Waals surface area contributed by atoms with Crippen molar-refractivity contribution < 1.29 is 14.0 Å². The number of nitrogens with zero attached hydrogens (tertiary/aromatic N) is 2. The minimum Gasteiger partial charge on any atom is -0.467 e. The number of furan rings is 1. The summed E-state index contributed by atoms with van der Waals surface area (Å²) in [5, 5.41) is 20.5. The van der Waals surface area contributed by atoms with Crippen LogP contribution in [0.4, 0.5) is 0 Å². The van der Waals surface area contributed by atoms with Gasteiger partial charge in [0.2, 0.25) is 0 Å². The highest BCUT2D eigenvalue weighted by atomic mass is 16.5. The third-order valence-electron chi connectivity index (χ3n) is 3.68. The maximum absolute atomic E-state index is 10.1. The predicted octanol–water partition coefficient (Wildman–Crippen LogP) is 2.18. The summed E-state index contributed by atoms with van der Waals surface area (Å²) in [6, 6.07) is 3.50. The van der Waals surface area contributed by atoms with E-state index < -0.39 is 6.10 Å². The molecule has 0 aliphatic rings. The van der Waals surface area contributed by atoms with Gasteiger partial charge in [-0.3, -0.25) is 0 Å². The number of aryl methyl sites for hydroxylation is 2. The van der Waals surface area contributed by atoms with Gasteiger partial charge in [-0.25, -0.2) is 4.99 Å². The number of aromatic nitrogens is 1. The van der Waals surface area contributed by atoms with Crippen LogP contribution in [0.15, 0.2) is 32.3 Å². The summed E-state index contributed by atoms with van der Waals surface area (Å²) >= 11 is 0. The number of hydrogen-bond acceptors (Lipinski definition) is 5. The van der Waals surface area contributed by atoms with Crippen molar-refractivity contribution >= 4 is 5.96 Å². The number of guanidine groups is 1. The van der Waals surface area contributed by atoms with Crippen molar-refractivity contribution in [3.05, 3.63) is 41.2 Å². The molecule has 0 spiro atoms. The first-order chi connectivity index (χ1) is 11.7. The van der Waals surface area contributed by atoms with Crippen molar-refractivity contribution in [2.24, 2.45) is 4.99 Å². The van der Waals surface area contributed by atoms with Crippen LogP contribution in [0.1, 0.15) is 49.7 Å². The second kappa shape index (κ2) is 9.12. The molecule has 7 heteroatoms. The quantitative estimate of drug-likeness (QED) is 0.506. The van der Waals surface area contributed by atoms with Crippen LogP contribution < -0.4 is 10.6 Å². The summed E-state index contributed by atoms with van der Waals surface area (Å²) in [7, 11) is 0. The third-order valence-corrected chi connectivity index (χ3v) is 3.68. The molecule has 0 fully saturated rings. The molecule has 2 rings (SSSR count). The predicted molar refractivity (Wildman–Crippen MR) is 91.7 cm³/mol. The number of aliphatic hydroxyl groups is 1. The van der Waals surface area contributed by atoms with E-state index in [1.165, 1.54) is 0 Å². The smallest absolute Gasteiger partial charge is 0.191 e. The fourth-order valence-electron chi connectivity index (χ4n) is 2.39. The van der Waals surface area contributed by atoms with Crippen molar-refractivity contribution in [1.82, 2.24) is 15.8 Å². The molecule has 132 valence electrons. The van der Waals surface area contributed by atoms with E-state index in [0.717, 1.165) is 36.4 Å². The Kier molecular flexibility index (Phi) is 6.87. The van der Waals surface area contributed by atoms with Crippen LogP contribution in [0, 0.1) is 0 Å². The highest BCUT2D eigenvalue weighted by molar-refractivity contribution is 5.79. The topological polar surface area (TPSA) is 95.8 Å². The second-order valence-corrected chi connectivity index (χ2v) is 5.35. The number of hydrogen-bond donors (Lipinski definition) is 3. The molecule has 24 heavy (non-hydrogen) atoms. The SMILES string of the molecule is CCNC(=NCc1c(CC)noc1CC)NCC(O)c1ccco1. The fraction of sp³-hybridized carbons (Fsp3) is 0.529. The van der Waals surface area contributed by atoms with Crippen LogP contribution in [-0.4, -0.2) is 29.3 Å². The monoisotopic (exact) mass is 334 g/mol. The lowest BCUT2D eigenvalue weighted by Crippen LogP contribution is -2.39. The molecule has 2 aromatic rings. The average molecular weight is 334 g/mol. The molecular weight excluding hydrogens is 308 g/mol. The maximum Gasteiger partial charge on any atom is 0.191 e. The van der Waals surface area contributed by atoms with Crippen LogP contribution in [0.25, 0.3) is 0 Å². The molecule has 0 bridgehead atoms. The largest absolute Gasteiger partial charge is 0.467 e. The van der Waals surface area contributed by atoms with E-state index >= 15 is 0 Å². The minimum atomic E-state index is -0.725. The molecule has 0 saturated carbocycles. The first-order valence-electron chi connectivity index (χ1n) is 8.39. The lowest BCUT2D eigenvalue weighted by atomic mass is 10.1. The van der Waals surface area contributed by atoms with E-state index in [-0.39, 0.29) is 0 Å². The van der Waals surface area contributed by atoms with Gasteiger partial charge in [0, 0.05) is 18.5 Å². The maximum atomic E-state index is 10.1. The molecular formula is C17H26N4O3. The van der Waals surface area contributed by atoms with E-state index in [0.29, 0.717) is 24.8 Å². The highest BCUT2D eigenvalue weighted by Crippen LogP contribution is 2.17. The normalized spacial score (nSPS) is 13.1. The number of rotatable bonds is 8. The van der Waals surface area contributed by atoms with Gasteiger partial charge < -0.3 is 24.7 Å². The van der Waals surface area contributed by atoms with Gasteiger partial charge in [-0.2, -0.15) is 0 Å². The van der Waals surface area contributed by atoms with E-state index in [9.17, 15) is 5.11 Å². The Balaban J connectivity index is 2.01. The van der Waals surface area contributed by atoms with Gasteiger partial charge in [0.1, 0.15) is 17.6 Å². The molecule has 1 atom stereocenters. The highest BCUT2D eigenvalue weighted by Gasteiger charge is 2.14. The zero-order valence-corrected chi connectivity index (χ0v) is 14.5. The Labute approximate surface area is 142 Å². The standard InChI is InChI=1S/C17H26N4O3/c1-4-13-12(15(5-2)24-21-13)10-19-17(18-6-3)20-11-14(22)16-8-7-9-23-16/h7-9,14,22H,4-6,10-11H2,1-3H3,(H2,18,19,20). The molecule has 2 heterocycles. The lowest BCUT2D eigenvalue weighted by molar-refractivity contribution is 0.153. The Bertz CT molecular complexity index is 613. The summed E-state index contributed by atoms with van der Waals surface area (Å²) in [5.74, 6) is 2.04. The summed E-state index contributed by atoms with van der Waals surface area (Å²) < 4.78 is 10.6. The molecule has 0 aliphatic heterocycles. The van der Waals surface area contributed by atoms with Crippen molar-refractivity contribution in [2.75, 3.05) is 13.1 Å². The van der Waals surface area contributed by atoms with Crippen LogP contribution >= 0.6 is 0 Å². The molecule has 0 radical (unpaired) electrons. The Morgan fingerprint density at radius 1 is 1.29 bits per heavy atom. The molecule has 7 nitrogen and oxygen atoms in total. The van der Waals surface area contributed by atoms with Gasteiger partial charge in [0.15, 0.2) is 5.96 Å². The van der Waals surface area contributed by atoms with Crippen molar-refractivity contribution in [3.8, 4) is 0 Å². The summed E-state index contributed by atoms with van der Waals surface area (Å²) in [4.78, 5) is 4.58. The van der Waals surface area contributed by atoms with Gasteiger partial charge in [-0.15, -0.1) is 0 Å². The van der Waals surface area contributed by atoms with Crippen LogP contribution in [-0.2, 0) is 19.4 Å². The van der Waals surface area contributed by atoms with Gasteiger partial charge in [-0.1, -0.05) is 19.0 Å². The lowest BCUT2D eigenvalue weighted by Gasteiger charge is -2.14. The molecule has 0 aromatic carbocycles. The Morgan fingerprint density at radius 2 is 2.12 bits per heavy atom. The van der Waals surface area contributed by atoms with E-state index in [1.54, 1.807) is 18.4 Å². The second-order valence-electron chi connectivity index (χ2n) is 5.35. The van der Waals surface area contributed by atoms with E-state index in [4.69, 9.17) is 8.94 Å². The molecule has 0 amide bonds. The number of aliphatic imine (C=N–C) groups is 1. The van der Waals surface area contributed by atoms with Crippen molar-refractivity contribution in [3.63, 3.8) is 0 Å². The van der Waals surface area contributed by atoms with Gasteiger partial charge in [0.25, 0.3) is 0 Å². The van der Waals surface area contributed by atoms with Crippen LogP contribution in [0.3, 0.4) is 0 Å². The summed E-state index contributed by atoms with van der Waals surface area (Å²) in [5.41, 5.74) is 1.99. The zero-order valence-electron chi connectivity index (χ0n) is 14.5. The molecule has 2 aromatic heterocycles. The van der Waals surface area contributed by atoms with Crippen molar-refractivity contribution in [1.29, 1.82) is 0 Å². The average Bonchev–Trinajstić information content (AvgIpc) is 3.25.